The number of halogens is 1. The predicted octanol–water partition coefficient (Wildman–Crippen LogP) is 3.28. The molecule has 0 saturated heterocycles. The Morgan fingerprint density at radius 1 is 1.11 bits per heavy atom. The molecular formula is C24H22FN3O6S. The van der Waals surface area contributed by atoms with Crippen LogP contribution in [0.15, 0.2) is 64.9 Å². The van der Waals surface area contributed by atoms with Crippen LogP contribution in [0, 0.1) is 0 Å². The number of alkyl halides is 1. The maximum Gasteiger partial charge on any atom is 0.305 e. The van der Waals surface area contributed by atoms with E-state index in [4.69, 9.17) is 0 Å². The fourth-order valence-electron chi connectivity index (χ4n) is 3.44. The van der Waals surface area contributed by atoms with Crippen LogP contribution >= 0.6 is 11.3 Å². The first-order chi connectivity index (χ1) is 16.8. The summed E-state index contributed by atoms with van der Waals surface area (Å²) in [5.41, 5.74) is -0.212. The third kappa shape index (κ3) is 5.69. The molecule has 9 nitrogen and oxygen atoms in total. The molecule has 3 rings (SSSR count). The average molecular weight is 500 g/mol. The summed E-state index contributed by atoms with van der Waals surface area (Å²) in [5, 5.41) is 13.6. The van der Waals surface area contributed by atoms with Crippen molar-refractivity contribution in [1.82, 2.24) is 4.57 Å². The molecule has 35 heavy (non-hydrogen) atoms. The molecule has 0 spiro atoms. The number of ketones is 1. The molecule has 2 amide bonds. The molecule has 2 heterocycles. The van der Waals surface area contributed by atoms with Crippen molar-refractivity contribution in [2.24, 2.45) is 0 Å². The SMILES string of the molecule is CCC(=O)N(c1ccsc1-n1cccc(NC(=O)c2ccccc2)c1=O)C(CC(=O)O)C(=O)CF. The summed E-state index contributed by atoms with van der Waals surface area (Å²) >= 11 is 1.06. The largest absolute Gasteiger partial charge is 0.481 e. The number of benzene rings is 1. The zero-order valence-corrected chi connectivity index (χ0v) is 19.5. The first-order valence-electron chi connectivity index (χ1n) is 10.6. The van der Waals surface area contributed by atoms with E-state index in [1.165, 1.54) is 35.9 Å². The van der Waals surface area contributed by atoms with Crippen LogP contribution in [0.4, 0.5) is 15.8 Å². The number of thiophene rings is 1. The minimum absolute atomic E-state index is 0.0315. The van der Waals surface area contributed by atoms with E-state index in [1.807, 2.05) is 0 Å². The number of carbonyl (C=O) groups is 4. The van der Waals surface area contributed by atoms with Gasteiger partial charge < -0.3 is 10.4 Å². The first kappa shape index (κ1) is 25.5. The van der Waals surface area contributed by atoms with Gasteiger partial charge in [-0.2, -0.15) is 0 Å². The van der Waals surface area contributed by atoms with Gasteiger partial charge in [-0.1, -0.05) is 25.1 Å². The van der Waals surface area contributed by atoms with E-state index >= 15 is 0 Å². The third-order valence-electron chi connectivity index (χ3n) is 5.09. The molecular weight excluding hydrogens is 477 g/mol. The molecule has 0 aliphatic heterocycles. The van der Waals surface area contributed by atoms with Gasteiger partial charge in [0.25, 0.3) is 11.5 Å². The maximum atomic E-state index is 13.3. The van der Waals surface area contributed by atoms with E-state index in [-0.39, 0.29) is 22.8 Å². The number of aromatic nitrogens is 1. The fourth-order valence-corrected chi connectivity index (χ4v) is 4.31. The van der Waals surface area contributed by atoms with Gasteiger partial charge in [0.05, 0.1) is 12.1 Å². The van der Waals surface area contributed by atoms with E-state index in [0.29, 0.717) is 5.56 Å². The third-order valence-corrected chi connectivity index (χ3v) is 5.99. The number of rotatable bonds is 10. The van der Waals surface area contributed by atoms with Crippen molar-refractivity contribution in [3.8, 4) is 5.00 Å². The van der Waals surface area contributed by atoms with Crippen LogP contribution in [0.2, 0.25) is 0 Å². The highest BCUT2D eigenvalue weighted by molar-refractivity contribution is 7.13. The molecule has 3 aromatic rings. The molecule has 1 unspecified atom stereocenters. The highest BCUT2D eigenvalue weighted by atomic mass is 32.1. The minimum atomic E-state index is -1.59. The van der Waals surface area contributed by atoms with Crippen molar-refractivity contribution in [3.63, 3.8) is 0 Å². The van der Waals surface area contributed by atoms with Gasteiger partial charge in [-0.3, -0.25) is 33.4 Å². The Morgan fingerprint density at radius 3 is 2.46 bits per heavy atom. The Labute approximate surface area is 203 Å². The summed E-state index contributed by atoms with van der Waals surface area (Å²) in [7, 11) is 0. The van der Waals surface area contributed by atoms with Gasteiger partial charge in [-0.05, 0) is 35.7 Å². The van der Waals surface area contributed by atoms with Crippen LogP contribution in [0.1, 0.15) is 30.1 Å². The number of pyridine rings is 1. The lowest BCUT2D eigenvalue weighted by Gasteiger charge is -2.29. The second-order valence-corrected chi connectivity index (χ2v) is 8.25. The summed E-state index contributed by atoms with van der Waals surface area (Å²) in [6, 6.07) is 11.1. The smallest absolute Gasteiger partial charge is 0.305 e. The van der Waals surface area contributed by atoms with Gasteiger partial charge in [-0.25, -0.2) is 4.39 Å². The van der Waals surface area contributed by atoms with Crippen molar-refractivity contribution in [2.45, 2.75) is 25.8 Å². The molecule has 2 N–H and O–H groups in total. The molecule has 2 aromatic heterocycles. The van der Waals surface area contributed by atoms with Crippen LogP contribution in [0.25, 0.3) is 5.00 Å². The number of carboxylic acid groups (broad SMARTS) is 1. The Hall–Kier alpha value is -4.12. The number of amides is 2. The van der Waals surface area contributed by atoms with Crippen LogP contribution in [0.5, 0.6) is 0 Å². The van der Waals surface area contributed by atoms with Crippen LogP contribution < -0.4 is 15.8 Å². The first-order valence-corrected chi connectivity index (χ1v) is 11.4. The molecule has 0 aliphatic rings. The van der Waals surface area contributed by atoms with E-state index in [0.717, 1.165) is 16.2 Å². The zero-order chi connectivity index (χ0) is 25.5. The molecule has 0 fully saturated rings. The monoisotopic (exact) mass is 499 g/mol. The van der Waals surface area contributed by atoms with E-state index in [2.05, 4.69) is 5.32 Å². The van der Waals surface area contributed by atoms with E-state index < -0.39 is 48.3 Å². The van der Waals surface area contributed by atoms with Gasteiger partial charge >= 0.3 is 5.97 Å². The summed E-state index contributed by atoms with van der Waals surface area (Å²) in [6.45, 7) is 0.0664. The summed E-state index contributed by atoms with van der Waals surface area (Å²) in [5.74, 6) is -3.56. The summed E-state index contributed by atoms with van der Waals surface area (Å²) in [6.07, 6.45) is 0.520. The van der Waals surface area contributed by atoms with E-state index in [9.17, 15) is 33.5 Å². The van der Waals surface area contributed by atoms with Gasteiger partial charge in [0.1, 0.15) is 23.4 Å². The Balaban J connectivity index is 2.06. The molecule has 182 valence electrons. The highest BCUT2D eigenvalue weighted by Crippen LogP contribution is 2.32. The number of hydrogen-bond donors (Lipinski definition) is 2. The summed E-state index contributed by atoms with van der Waals surface area (Å²) < 4.78 is 14.5. The summed E-state index contributed by atoms with van der Waals surface area (Å²) in [4.78, 5) is 63.2. The second kappa shape index (κ2) is 11.3. The number of anilines is 2. The van der Waals surface area contributed by atoms with Crippen LogP contribution in [0.3, 0.4) is 0 Å². The lowest BCUT2D eigenvalue weighted by molar-refractivity contribution is -0.139. The zero-order valence-electron chi connectivity index (χ0n) is 18.6. The topological polar surface area (TPSA) is 126 Å². The van der Waals surface area contributed by atoms with Crippen molar-refractivity contribution < 1.29 is 28.7 Å². The second-order valence-electron chi connectivity index (χ2n) is 7.36. The Bertz CT molecular complexity index is 1300. The standard InChI is InChI=1S/C24H22FN3O6S/c1-2-20(30)28(18(13-21(31)32)19(29)14-25)17-10-12-35-24(17)27-11-6-9-16(23(27)34)26-22(33)15-7-4-3-5-8-15/h3-12,18H,2,13-14H2,1H3,(H,26,33)(H,31,32). The molecule has 11 heteroatoms. The van der Waals surface area contributed by atoms with Crippen molar-refractivity contribution in [1.29, 1.82) is 0 Å². The maximum absolute atomic E-state index is 13.3. The molecule has 1 aromatic carbocycles. The minimum Gasteiger partial charge on any atom is -0.481 e. The van der Waals surface area contributed by atoms with Crippen LogP contribution in [-0.4, -0.2) is 46.0 Å². The Kier molecular flexibility index (Phi) is 8.26. The lowest BCUT2D eigenvalue weighted by Crippen LogP contribution is -2.47. The number of nitrogens with zero attached hydrogens (tertiary/aromatic N) is 2. The Morgan fingerprint density at radius 2 is 1.83 bits per heavy atom. The number of hydrogen-bond acceptors (Lipinski definition) is 6. The van der Waals surface area contributed by atoms with Gasteiger partial charge in [0.2, 0.25) is 5.91 Å². The highest BCUT2D eigenvalue weighted by Gasteiger charge is 2.34. The normalized spacial score (nSPS) is 11.5. The number of carbonyl (C=O) groups excluding carboxylic acids is 3. The average Bonchev–Trinajstić information content (AvgIpc) is 3.33. The number of carboxylic acids is 1. The lowest BCUT2D eigenvalue weighted by atomic mass is 10.1. The van der Waals surface area contributed by atoms with Gasteiger partial charge in [0.15, 0.2) is 5.78 Å². The fraction of sp³-hybridized carbons (Fsp3) is 0.208. The van der Waals surface area contributed by atoms with E-state index in [1.54, 1.807) is 35.7 Å². The molecule has 0 radical (unpaired) electrons. The number of aliphatic carboxylic acids is 1. The van der Waals surface area contributed by atoms with Crippen molar-refractivity contribution in [3.05, 3.63) is 76.0 Å². The van der Waals surface area contributed by atoms with Crippen molar-refractivity contribution >= 4 is 46.3 Å². The molecule has 0 aliphatic carbocycles. The molecule has 0 bridgehead atoms. The number of nitrogens with one attached hydrogen (secondary N) is 1. The van der Waals surface area contributed by atoms with Crippen molar-refractivity contribution in [2.75, 3.05) is 16.9 Å². The van der Waals surface area contributed by atoms with Gasteiger partial charge in [0, 0.05) is 18.2 Å². The van der Waals surface area contributed by atoms with Crippen LogP contribution in [-0.2, 0) is 14.4 Å². The molecule has 0 saturated carbocycles. The molecule has 1 atom stereocenters. The number of Topliss-reactive ketones (excluding diaryl/α,β-unsaturated/α-hetero) is 1. The predicted molar refractivity (Wildman–Crippen MR) is 129 cm³/mol. The van der Waals surface area contributed by atoms with Gasteiger partial charge in [-0.15, -0.1) is 11.3 Å². The quantitative estimate of drug-likeness (QED) is 0.441.